The Morgan fingerprint density at radius 2 is 1.88 bits per heavy atom. The molecule has 1 aliphatic rings. The van der Waals surface area contributed by atoms with Crippen LogP contribution in [0.15, 0.2) is 53.4 Å². The zero-order chi connectivity index (χ0) is 17.9. The van der Waals surface area contributed by atoms with E-state index < -0.39 is 10.0 Å². The lowest BCUT2D eigenvalue weighted by atomic mass is 10.1. The first-order chi connectivity index (χ1) is 12.0. The highest BCUT2D eigenvalue weighted by Gasteiger charge is 2.25. The van der Waals surface area contributed by atoms with Crippen LogP contribution in [0.5, 0.6) is 5.75 Å². The molecular formula is C19H24N2O3S. The Balaban J connectivity index is 1.59. The number of nitrogens with zero attached hydrogens (tertiary/aromatic N) is 1. The summed E-state index contributed by atoms with van der Waals surface area (Å²) < 4.78 is 32.9. The molecule has 0 aromatic heterocycles. The lowest BCUT2D eigenvalue weighted by molar-refractivity contribution is 0.415. The minimum absolute atomic E-state index is 0.306. The zero-order valence-electron chi connectivity index (χ0n) is 14.6. The highest BCUT2D eigenvalue weighted by molar-refractivity contribution is 7.89. The fourth-order valence-corrected chi connectivity index (χ4v) is 4.55. The Labute approximate surface area is 149 Å². The van der Waals surface area contributed by atoms with Crippen LogP contribution >= 0.6 is 0 Å². The van der Waals surface area contributed by atoms with Gasteiger partial charge >= 0.3 is 0 Å². The minimum atomic E-state index is -3.45. The van der Waals surface area contributed by atoms with Gasteiger partial charge in [0, 0.05) is 25.3 Å². The van der Waals surface area contributed by atoms with Crippen LogP contribution in [0, 0.1) is 12.8 Å². The summed E-state index contributed by atoms with van der Waals surface area (Å²) in [7, 11) is -1.80. The lowest BCUT2D eigenvalue weighted by Crippen LogP contribution is -2.31. The predicted octanol–water partition coefficient (Wildman–Crippen LogP) is 2.81. The second-order valence-corrected chi connectivity index (χ2v) is 8.15. The molecule has 25 heavy (non-hydrogen) atoms. The van der Waals surface area contributed by atoms with Gasteiger partial charge in [-0.15, -0.1) is 0 Å². The summed E-state index contributed by atoms with van der Waals surface area (Å²) in [6.07, 6.45) is 0.975. The van der Waals surface area contributed by atoms with E-state index in [1.54, 1.807) is 19.2 Å². The lowest BCUT2D eigenvalue weighted by Gasteiger charge is -2.19. The highest BCUT2D eigenvalue weighted by atomic mass is 32.2. The summed E-state index contributed by atoms with van der Waals surface area (Å²) in [5, 5.41) is 0. The average molecular weight is 360 g/mol. The molecule has 1 aliphatic heterocycles. The first kappa shape index (κ1) is 17.8. The quantitative estimate of drug-likeness (QED) is 0.861. The van der Waals surface area contributed by atoms with Crippen LogP contribution in [0.1, 0.15) is 12.0 Å². The molecule has 0 spiro atoms. The maximum absolute atomic E-state index is 12.5. The van der Waals surface area contributed by atoms with Crippen molar-refractivity contribution in [3.63, 3.8) is 0 Å². The molecule has 1 N–H and O–H groups in total. The van der Waals surface area contributed by atoms with Gasteiger partial charge in [-0.25, -0.2) is 13.1 Å². The van der Waals surface area contributed by atoms with Crippen LogP contribution in [0.2, 0.25) is 0 Å². The Hall–Kier alpha value is -2.05. The smallest absolute Gasteiger partial charge is 0.240 e. The predicted molar refractivity (Wildman–Crippen MR) is 99.7 cm³/mol. The van der Waals surface area contributed by atoms with Gasteiger partial charge in [0.05, 0.1) is 12.0 Å². The molecule has 2 aromatic carbocycles. The normalized spacial score (nSPS) is 17.7. The molecule has 0 aliphatic carbocycles. The SMILES string of the molecule is COc1ccc(N2CCC(CNS(=O)(=O)c3ccccc3C)C2)cc1. The number of methoxy groups -OCH3 is 1. The Morgan fingerprint density at radius 3 is 2.56 bits per heavy atom. The molecule has 0 amide bonds. The van der Waals surface area contributed by atoms with Crippen LogP contribution in [-0.4, -0.2) is 35.2 Å². The standard InChI is InChI=1S/C19H24N2O3S/c1-15-5-3-4-6-19(15)25(22,23)20-13-16-11-12-21(14-16)17-7-9-18(24-2)10-8-17/h3-10,16,20H,11-14H2,1-2H3. The van der Waals surface area contributed by atoms with Crippen molar-refractivity contribution in [2.75, 3.05) is 31.6 Å². The number of nitrogens with one attached hydrogen (secondary N) is 1. The van der Waals surface area contributed by atoms with Crippen LogP contribution in [0.3, 0.4) is 0 Å². The topological polar surface area (TPSA) is 58.6 Å². The van der Waals surface area contributed by atoms with Crippen LogP contribution in [-0.2, 0) is 10.0 Å². The van der Waals surface area contributed by atoms with Crippen LogP contribution in [0.4, 0.5) is 5.69 Å². The first-order valence-corrected chi connectivity index (χ1v) is 9.92. The summed E-state index contributed by atoms with van der Waals surface area (Å²) >= 11 is 0. The number of aryl methyl sites for hydroxylation is 1. The maximum atomic E-state index is 12.5. The van der Waals surface area contributed by atoms with Gasteiger partial charge in [-0.3, -0.25) is 0 Å². The van der Waals surface area contributed by atoms with Gasteiger partial charge in [-0.2, -0.15) is 0 Å². The third-order valence-corrected chi connectivity index (χ3v) is 6.25. The van der Waals surface area contributed by atoms with Crippen LogP contribution in [0.25, 0.3) is 0 Å². The van der Waals surface area contributed by atoms with E-state index in [2.05, 4.69) is 9.62 Å². The van der Waals surface area contributed by atoms with E-state index in [0.29, 0.717) is 17.4 Å². The Morgan fingerprint density at radius 1 is 1.16 bits per heavy atom. The second kappa shape index (κ2) is 7.45. The summed E-state index contributed by atoms with van der Waals surface area (Å²) in [6.45, 7) is 4.06. The number of rotatable bonds is 6. The van der Waals surface area contributed by atoms with E-state index in [0.717, 1.165) is 36.5 Å². The summed E-state index contributed by atoms with van der Waals surface area (Å²) in [4.78, 5) is 2.65. The van der Waals surface area contributed by atoms with Gasteiger partial charge in [0.25, 0.3) is 0 Å². The third kappa shape index (κ3) is 4.14. The van der Waals surface area contributed by atoms with Crippen molar-refractivity contribution in [1.29, 1.82) is 0 Å². The van der Waals surface area contributed by atoms with E-state index in [9.17, 15) is 8.42 Å². The van der Waals surface area contributed by atoms with Crippen molar-refractivity contribution in [2.45, 2.75) is 18.2 Å². The molecule has 1 atom stereocenters. The zero-order valence-corrected chi connectivity index (χ0v) is 15.4. The number of benzene rings is 2. The molecule has 0 radical (unpaired) electrons. The molecular weight excluding hydrogens is 336 g/mol. The maximum Gasteiger partial charge on any atom is 0.240 e. The van der Waals surface area contributed by atoms with Gasteiger partial charge < -0.3 is 9.64 Å². The molecule has 2 aromatic rings. The van der Waals surface area contributed by atoms with Gasteiger partial charge in [0.1, 0.15) is 5.75 Å². The van der Waals surface area contributed by atoms with Crippen molar-refractivity contribution >= 4 is 15.7 Å². The Bertz CT molecular complexity index is 819. The Kier molecular flexibility index (Phi) is 5.30. The molecule has 1 fully saturated rings. The van der Waals surface area contributed by atoms with E-state index >= 15 is 0 Å². The van der Waals surface area contributed by atoms with Crippen molar-refractivity contribution in [2.24, 2.45) is 5.92 Å². The molecule has 5 nitrogen and oxygen atoms in total. The third-order valence-electron chi connectivity index (χ3n) is 4.67. The summed E-state index contributed by atoms with van der Waals surface area (Å²) in [5.41, 5.74) is 1.91. The first-order valence-electron chi connectivity index (χ1n) is 8.44. The molecule has 6 heteroatoms. The molecule has 1 heterocycles. The highest BCUT2D eigenvalue weighted by Crippen LogP contribution is 2.25. The number of hydrogen-bond acceptors (Lipinski definition) is 4. The number of sulfonamides is 1. The molecule has 134 valence electrons. The number of hydrogen-bond donors (Lipinski definition) is 1. The minimum Gasteiger partial charge on any atom is -0.497 e. The van der Waals surface area contributed by atoms with Gasteiger partial charge in [0.15, 0.2) is 0 Å². The fourth-order valence-electron chi connectivity index (χ4n) is 3.19. The molecule has 1 saturated heterocycles. The average Bonchev–Trinajstić information content (AvgIpc) is 3.09. The van der Waals surface area contributed by atoms with E-state index in [1.807, 2.05) is 43.3 Å². The van der Waals surface area contributed by atoms with Crippen molar-refractivity contribution in [3.05, 3.63) is 54.1 Å². The molecule has 1 unspecified atom stereocenters. The summed E-state index contributed by atoms with van der Waals surface area (Å²) in [6, 6.07) is 15.0. The van der Waals surface area contributed by atoms with E-state index in [4.69, 9.17) is 4.74 Å². The fraction of sp³-hybridized carbons (Fsp3) is 0.368. The molecule has 0 bridgehead atoms. The van der Waals surface area contributed by atoms with Crippen molar-refractivity contribution in [3.8, 4) is 5.75 Å². The monoisotopic (exact) mass is 360 g/mol. The van der Waals surface area contributed by atoms with Gasteiger partial charge in [-0.05, 0) is 55.2 Å². The van der Waals surface area contributed by atoms with Crippen molar-refractivity contribution in [1.82, 2.24) is 4.72 Å². The summed E-state index contributed by atoms with van der Waals surface area (Å²) in [5.74, 6) is 1.14. The van der Waals surface area contributed by atoms with Gasteiger partial charge in [0.2, 0.25) is 10.0 Å². The molecule has 3 rings (SSSR count). The van der Waals surface area contributed by atoms with Crippen LogP contribution < -0.4 is 14.4 Å². The van der Waals surface area contributed by atoms with E-state index in [-0.39, 0.29) is 0 Å². The largest absolute Gasteiger partial charge is 0.497 e. The van der Waals surface area contributed by atoms with Gasteiger partial charge in [-0.1, -0.05) is 18.2 Å². The molecule has 0 saturated carbocycles. The number of anilines is 1. The number of ether oxygens (including phenoxy) is 1. The van der Waals surface area contributed by atoms with Crippen molar-refractivity contribution < 1.29 is 13.2 Å². The van der Waals surface area contributed by atoms with E-state index in [1.165, 1.54) is 0 Å². The second-order valence-electron chi connectivity index (χ2n) is 6.42.